The molecular formula is C3H4INO. The van der Waals surface area contributed by atoms with E-state index in [0.717, 1.165) is 0 Å². The Labute approximate surface area is 52.5 Å². The Hall–Kier alpha value is -0.0600. The fraction of sp³-hybridized carbons (Fsp3) is 0. The summed E-state index contributed by atoms with van der Waals surface area (Å²) in [6.07, 6.45) is 3.10. The van der Waals surface area contributed by atoms with Gasteiger partial charge in [0.05, 0.1) is 6.20 Å². The van der Waals surface area contributed by atoms with Crippen molar-refractivity contribution in [2.75, 3.05) is 0 Å². The van der Waals surface area contributed by atoms with Crippen LogP contribution in [0.2, 0.25) is 0 Å². The first-order chi connectivity index (χ1) is 2.50. The van der Waals surface area contributed by atoms with Gasteiger partial charge in [-0.15, -0.1) is 24.0 Å². The molecule has 2 nitrogen and oxygen atoms in total. The maximum Gasteiger partial charge on any atom is 0.123 e. The summed E-state index contributed by atoms with van der Waals surface area (Å²) in [5.74, 6) is 0. The second-order valence-electron chi connectivity index (χ2n) is 0.688. The smallest absolute Gasteiger partial charge is 0.123 e. The molecular weight excluding hydrogens is 193 g/mol. The Balaban J connectivity index is 0.000000250. The van der Waals surface area contributed by atoms with E-state index in [1.165, 1.54) is 6.26 Å². The SMILES string of the molecule is I.c1cnoc1. The molecule has 0 unspecified atom stereocenters. The van der Waals surface area contributed by atoms with Gasteiger partial charge in [0.25, 0.3) is 0 Å². The zero-order valence-corrected chi connectivity index (χ0v) is 5.33. The number of halogens is 1. The van der Waals surface area contributed by atoms with Gasteiger partial charge < -0.3 is 4.52 Å². The summed E-state index contributed by atoms with van der Waals surface area (Å²) in [5.41, 5.74) is 0. The number of hydrogen-bond acceptors (Lipinski definition) is 2. The molecule has 0 bridgehead atoms. The third kappa shape index (κ3) is 1.40. The van der Waals surface area contributed by atoms with E-state index in [2.05, 4.69) is 9.68 Å². The van der Waals surface area contributed by atoms with Crippen molar-refractivity contribution < 1.29 is 4.52 Å². The molecule has 1 rings (SSSR count). The molecule has 0 spiro atoms. The first-order valence-electron chi connectivity index (χ1n) is 1.34. The maximum atomic E-state index is 4.33. The van der Waals surface area contributed by atoms with Crippen molar-refractivity contribution in [1.82, 2.24) is 5.16 Å². The van der Waals surface area contributed by atoms with Crippen LogP contribution in [-0.2, 0) is 0 Å². The summed E-state index contributed by atoms with van der Waals surface area (Å²) in [6, 6.07) is 1.72. The van der Waals surface area contributed by atoms with Crippen LogP contribution < -0.4 is 0 Å². The van der Waals surface area contributed by atoms with Crippen LogP contribution in [0.5, 0.6) is 0 Å². The van der Waals surface area contributed by atoms with E-state index in [9.17, 15) is 0 Å². The van der Waals surface area contributed by atoms with E-state index in [4.69, 9.17) is 0 Å². The topological polar surface area (TPSA) is 26.0 Å². The van der Waals surface area contributed by atoms with Crippen molar-refractivity contribution in [3.8, 4) is 0 Å². The lowest BCUT2D eigenvalue weighted by atomic mass is 10.8. The quantitative estimate of drug-likeness (QED) is 0.585. The van der Waals surface area contributed by atoms with Crippen LogP contribution in [-0.4, -0.2) is 5.16 Å². The molecule has 0 radical (unpaired) electrons. The highest BCUT2D eigenvalue weighted by Gasteiger charge is 1.60. The highest BCUT2D eigenvalue weighted by molar-refractivity contribution is 14.0. The van der Waals surface area contributed by atoms with Gasteiger partial charge in [-0.3, -0.25) is 0 Å². The van der Waals surface area contributed by atoms with Gasteiger partial charge in [0.1, 0.15) is 6.26 Å². The molecule has 0 fully saturated rings. The highest BCUT2D eigenvalue weighted by Crippen LogP contribution is 1.72. The minimum atomic E-state index is 0. The van der Waals surface area contributed by atoms with Crippen LogP contribution >= 0.6 is 24.0 Å². The summed E-state index contributed by atoms with van der Waals surface area (Å²) in [4.78, 5) is 0. The normalized spacial score (nSPS) is 6.67. The molecule has 0 aliphatic heterocycles. The Morgan fingerprint density at radius 1 is 1.50 bits per heavy atom. The Kier molecular flexibility index (Phi) is 3.11. The third-order valence-electron chi connectivity index (χ3n) is 0.347. The lowest BCUT2D eigenvalue weighted by Crippen LogP contribution is -1.38. The van der Waals surface area contributed by atoms with Crippen molar-refractivity contribution in [3.63, 3.8) is 0 Å². The Bertz CT molecular complexity index is 67.3. The van der Waals surface area contributed by atoms with E-state index in [1.54, 1.807) is 12.3 Å². The second kappa shape index (κ2) is 3.14. The summed E-state index contributed by atoms with van der Waals surface area (Å²) >= 11 is 0. The molecule has 0 atom stereocenters. The molecule has 0 aromatic carbocycles. The minimum Gasteiger partial charge on any atom is -0.365 e. The molecule has 0 saturated carbocycles. The van der Waals surface area contributed by atoms with Gasteiger partial charge in [-0.05, 0) is 6.07 Å². The van der Waals surface area contributed by atoms with E-state index >= 15 is 0 Å². The zero-order chi connectivity index (χ0) is 3.54. The molecule has 0 aliphatic carbocycles. The van der Waals surface area contributed by atoms with E-state index < -0.39 is 0 Å². The van der Waals surface area contributed by atoms with Crippen molar-refractivity contribution in [1.29, 1.82) is 0 Å². The molecule has 1 aromatic heterocycles. The number of aromatic nitrogens is 1. The monoisotopic (exact) mass is 197 g/mol. The van der Waals surface area contributed by atoms with Crippen LogP contribution in [0.15, 0.2) is 23.0 Å². The lowest BCUT2D eigenvalue weighted by Gasteiger charge is -1.48. The van der Waals surface area contributed by atoms with E-state index in [-0.39, 0.29) is 24.0 Å². The average molecular weight is 197 g/mol. The zero-order valence-electron chi connectivity index (χ0n) is 3.00. The lowest BCUT2D eigenvalue weighted by molar-refractivity contribution is 0.420. The molecule has 3 heteroatoms. The Morgan fingerprint density at radius 2 is 2.33 bits per heavy atom. The second-order valence-corrected chi connectivity index (χ2v) is 0.688. The number of nitrogens with zero attached hydrogens (tertiary/aromatic N) is 1. The fourth-order valence-corrected chi connectivity index (χ4v) is 0.176. The summed E-state index contributed by atoms with van der Waals surface area (Å²) in [5, 5.41) is 3.35. The summed E-state index contributed by atoms with van der Waals surface area (Å²) in [7, 11) is 0. The van der Waals surface area contributed by atoms with Crippen LogP contribution in [0.4, 0.5) is 0 Å². The van der Waals surface area contributed by atoms with Gasteiger partial charge in [-0.1, -0.05) is 5.16 Å². The van der Waals surface area contributed by atoms with Crippen LogP contribution in [0.25, 0.3) is 0 Å². The standard InChI is InChI=1S/C3H3NO.HI/c1-2-4-5-3-1;/h1-3H;1H. The van der Waals surface area contributed by atoms with Crippen LogP contribution in [0.3, 0.4) is 0 Å². The molecule has 1 aromatic rings. The van der Waals surface area contributed by atoms with Crippen molar-refractivity contribution in [2.24, 2.45) is 0 Å². The molecule has 0 saturated heterocycles. The summed E-state index contributed by atoms with van der Waals surface area (Å²) < 4.78 is 4.33. The maximum absolute atomic E-state index is 4.33. The largest absolute Gasteiger partial charge is 0.365 e. The first-order valence-corrected chi connectivity index (χ1v) is 1.34. The average Bonchev–Trinajstić information content (AvgIpc) is 1.76. The predicted molar refractivity (Wildman–Crippen MR) is 31.9 cm³/mol. The highest BCUT2D eigenvalue weighted by atomic mass is 127. The number of rotatable bonds is 0. The molecule has 0 amide bonds. The van der Waals surface area contributed by atoms with Crippen molar-refractivity contribution >= 4 is 24.0 Å². The van der Waals surface area contributed by atoms with Gasteiger partial charge in [-0.25, -0.2) is 0 Å². The Morgan fingerprint density at radius 3 is 2.50 bits per heavy atom. The number of hydrogen-bond donors (Lipinski definition) is 0. The van der Waals surface area contributed by atoms with Crippen molar-refractivity contribution in [3.05, 3.63) is 18.5 Å². The summed E-state index contributed by atoms with van der Waals surface area (Å²) in [6.45, 7) is 0. The van der Waals surface area contributed by atoms with Gasteiger partial charge in [0.15, 0.2) is 0 Å². The van der Waals surface area contributed by atoms with Gasteiger partial charge in [0.2, 0.25) is 0 Å². The molecule has 34 valence electrons. The van der Waals surface area contributed by atoms with Gasteiger partial charge >= 0.3 is 0 Å². The predicted octanol–water partition coefficient (Wildman–Crippen LogP) is 1.29. The van der Waals surface area contributed by atoms with Crippen LogP contribution in [0.1, 0.15) is 0 Å². The van der Waals surface area contributed by atoms with E-state index in [1.807, 2.05) is 0 Å². The van der Waals surface area contributed by atoms with Crippen molar-refractivity contribution in [2.45, 2.75) is 0 Å². The van der Waals surface area contributed by atoms with E-state index in [0.29, 0.717) is 0 Å². The molecule has 0 aliphatic rings. The molecule has 1 heterocycles. The van der Waals surface area contributed by atoms with Gasteiger partial charge in [0, 0.05) is 0 Å². The fourth-order valence-electron chi connectivity index (χ4n) is 0.176. The minimum absolute atomic E-state index is 0. The first kappa shape index (κ1) is 5.94. The van der Waals surface area contributed by atoms with Gasteiger partial charge in [-0.2, -0.15) is 0 Å². The van der Waals surface area contributed by atoms with Crippen LogP contribution in [0, 0.1) is 0 Å². The molecule has 6 heavy (non-hydrogen) atoms. The third-order valence-corrected chi connectivity index (χ3v) is 0.347. The molecule has 0 N–H and O–H groups in total.